The van der Waals surface area contributed by atoms with Crippen molar-refractivity contribution in [3.63, 3.8) is 0 Å². The van der Waals surface area contributed by atoms with Gasteiger partial charge in [-0.25, -0.2) is 22.0 Å². The summed E-state index contributed by atoms with van der Waals surface area (Å²) in [4.78, 5) is 1.98. The lowest BCUT2D eigenvalue weighted by Gasteiger charge is -2.19. The van der Waals surface area contributed by atoms with Crippen molar-refractivity contribution < 1.29 is 21.6 Å². The predicted molar refractivity (Wildman–Crippen MR) is 103 cm³/mol. The first-order valence-corrected chi connectivity index (χ1v) is 11.3. The van der Waals surface area contributed by atoms with E-state index in [9.17, 15) is 16.8 Å². The number of benzene rings is 2. The number of sulfonamides is 2. The van der Waals surface area contributed by atoms with E-state index in [0.29, 0.717) is 5.69 Å². The largest absolute Gasteiger partial charge is 0.380 e. The van der Waals surface area contributed by atoms with Crippen molar-refractivity contribution in [2.75, 3.05) is 29.8 Å². The van der Waals surface area contributed by atoms with Crippen LogP contribution in [0.5, 0.6) is 0 Å². The zero-order chi connectivity index (χ0) is 19.7. The average molecular weight is 412 g/mol. The Labute approximate surface area is 159 Å². The topological polar surface area (TPSA) is 119 Å². The molecule has 1 fully saturated rings. The Balaban J connectivity index is 1.72. The molecule has 1 aliphatic heterocycles. The van der Waals surface area contributed by atoms with E-state index in [1.165, 1.54) is 12.1 Å². The summed E-state index contributed by atoms with van der Waals surface area (Å²) in [5.41, 5.74) is 1.41. The first kappa shape index (κ1) is 19.6. The normalized spacial score (nSPS) is 17.9. The summed E-state index contributed by atoms with van der Waals surface area (Å²) < 4.78 is 55.3. The zero-order valence-corrected chi connectivity index (χ0v) is 16.3. The molecule has 0 saturated carbocycles. The Morgan fingerprint density at radius 2 is 1.59 bits per heavy atom. The second kappa shape index (κ2) is 7.47. The molecule has 3 N–H and O–H groups in total. The van der Waals surface area contributed by atoms with Crippen LogP contribution in [0, 0.1) is 0 Å². The van der Waals surface area contributed by atoms with Crippen molar-refractivity contribution in [2.24, 2.45) is 5.14 Å². The standard InChI is InChI=1S/C17H21N3O5S2/c1-25-15-10-11-20(12-15)14-4-2-13(3-5-14)19-27(23,24)17-8-6-16(7-9-17)26(18,21)22/h2-9,15,19H,10-12H2,1H3,(H2,18,21,22). The second-order valence-corrected chi connectivity index (χ2v) is 9.51. The minimum atomic E-state index is -3.87. The molecule has 0 aromatic heterocycles. The Kier molecular flexibility index (Phi) is 5.43. The molecule has 1 saturated heterocycles. The molecule has 10 heteroatoms. The van der Waals surface area contributed by atoms with Gasteiger partial charge in [-0.15, -0.1) is 0 Å². The van der Waals surface area contributed by atoms with E-state index in [4.69, 9.17) is 9.88 Å². The Morgan fingerprint density at radius 3 is 2.11 bits per heavy atom. The van der Waals surface area contributed by atoms with Crippen molar-refractivity contribution in [3.05, 3.63) is 48.5 Å². The fourth-order valence-corrected chi connectivity index (χ4v) is 4.49. The third-order valence-electron chi connectivity index (χ3n) is 4.43. The van der Waals surface area contributed by atoms with Gasteiger partial charge in [0.05, 0.1) is 15.9 Å². The lowest BCUT2D eigenvalue weighted by Crippen LogP contribution is -2.22. The van der Waals surface area contributed by atoms with Crippen molar-refractivity contribution in [2.45, 2.75) is 22.3 Å². The first-order chi connectivity index (χ1) is 12.7. The molecule has 0 amide bonds. The first-order valence-electron chi connectivity index (χ1n) is 8.22. The van der Waals surface area contributed by atoms with Gasteiger partial charge in [-0.2, -0.15) is 0 Å². The fraction of sp³-hybridized carbons (Fsp3) is 0.294. The molecule has 2 aromatic carbocycles. The van der Waals surface area contributed by atoms with Gasteiger partial charge in [-0.1, -0.05) is 0 Å². The minimum Gasteiger partial charge on any atom is -0.380 e. The zero-order valence-electron chi connectivity index (χ0n) is 14.7. The van der Waals surface area contributed by atoms with Crippen molar-refractivity contribution in [1.82, 2.24) is 0 Å². The van der Waals surface area contributed by atoms with Gasteiger partial charge < -0.3 is 9.64 Å². The lowest BCUT2D eigenvalue weighted by atomic mass is 10.2. The molecule has 1 heterocycles. The summed E-state index contributed by atoms with van der Waals surface area (Å²) in [5.74, 6) is 0. The van der Waals surface area contributed by atoms with Gasteiger partial charge in [-0.05, 0) is 55.0 Å². The maximum atomic E-state index is 12.5. The van der Waals surface area contributed by atoms with E-state index in [1.54, 1.807) is 19.2 Å². The second-order valence-electron chi connectivity index (χ2n) is 6.26. The summed E-state index contributed by atoms with van der Waals surface area (Å²) in [6.45, 7) is 1.69. The van der Waals surface area contributed by atoms with Gasteiger partial charge in [0.2, 0.25) is 10.0 Å². The van der Waals surface area contributed by atoms with Crippen LogP contribution in [-0.4, -0.2) is 43.1 Å². The molecule has 8 nitrogen and oxygen atoms in total. The van der Waals surface area contributed by atoms with Gasteiger partial charge in [0.1, 0.15) is 0 Å². The van der Waals surface area contributed by atoms with Gasteiger partial charge in [-0.3, -0.25) is 4.72 Å². The van der Waals surface area contributed by atoms with E-state index in [0.717, 1.165) is 37.3 Å². The highest BCUT2D eigenvalue weighted by atomic mass is 32.2. The van der Waals surface area contributed by atoms with E-state index in [1.807, 2.05) is 12.1 Å². The average Bonchev–Trinajstić information content (AvgIpc) is 3.11. The maximum absolute atomic E-state index is 12.5. The van der Waals surface area contributed by atoms with E-state index in [2.05, 4.69) is 9.62 Å². The van der Waals surface area contributed by atoms with Crippen molar-refractivity contribution >= 4 is 31.4 Å². The van der Waals surface area contributed by atoms with Gasteiger partial charge >= 0.3 is 0 Å². The molecule has 0 bridgehead atoms. The maximum Gasteiger partial charge on any atom is 0.261 e. The van der Waals surface area contributed by atoms with Crippen LogP contribution in [0.4, 0.5) is 11.4 Å². The Morgan fingerprint density at radius 1 is 1.00 bits per heavy atom. The molecule has 2 aromatic rings. The summed E-state index contributed by atoms with van der Waals surface area (Å²) in [6, 6.07) is 11.8. The molecule has 0 radical (unpaired) electrons. The summed E-state index contributed by atoms with van der Waals surface area (Å²) in [6.07, 6.45) is 1.17. The predicted octanol–water partition coefficient (Wildman–Crippen LogP) is 1.36. The van der Waals surface area contributed by atoms with E-state index in [-0.39, 0.29) is 15.9 Å². The molecule has 3 rings (SSSR count). The van der Waals surface area contributed by atoms with Gasteiger partial charge in [0, 0.05) is 31.6 Å². The van der Waals surface area contributed by atoms with Crippen LogP contribution in [0.15, 0.2) is 58.3 Å². The molecule has 146 valence electrons. The van der Waals surface area contributed by atoms with Gasteiger partial charge in [0.25, 0.3) is 10.0 Å². The summed E-state index contributed by atoms with van der Waals surface area (Å²) >= 11 is 0. The molecule has 27 heavy (non-hydrogen) atoms. The number of anilines is 2. The minimum absolute atomic E-state index is 0.0542. The Bertz CT molecular complexity index is 1000. The monoisotopic (exact) mass is 411 g/mol. The van der Waals surface area contributed by atoms with Crippen LogP contribution in [0.2, 0.25) is 0 Å². The number of nitrogens with one attached hydrogen (secondary N) is 1. The Hall–Kier alpha value is -2.14. The number of ether oxygens (including phenoxy) is 1. The fourth-order valence-electron chi connectivity index (χ4n) is 2.92. The summed E-state index contributed by atoms with van der Waals surface area (Å²) in [5, 5.41) is 5.02. The summed E-state index contributed by atoms with van der Waals surface area (Å²) in [7, 11) is -6.02. The number of methoxy groups -OCH3 is 1. The molecular formula is C17H21N3O5S2. The van der Waals surface area contributed by atoms with Crippen LogP contribution >= 0.6 is 0 Å². The van der Waals surface area contributed by atoms with E-state index < -0.39 is 20.0 Å². The molecule has 0 aliphatic carbocycles. The number of nitrogens with zero attached hydrogens (tertiary/aromatic N) is 1. The highest BCUT2D eigenvalue weighted by Gasteiger charge is 2.22. The van der Waals surface area contributed by atoms with Crippen molar-refractivity contribution in [3.8, 4) is 0 Å². The van der Waals surface area contributed by atoms with Gasteiger partial charge in [0.15, 0.2) is 0 Å². The molecule has 1 unspecified atom stereocenters. The lowest BCUT2D eigenvalue weighted by molar-refractivity contribution is 0.121. The SMILES string of the molecule is COC1CCN(c2ccc(NS(=O)(=O)c3ccc(S(N)(=O)=O)cc3)cc2)C1. The third-order valence-corrected chi connectivity index (χ3v) is 6.75. The van der Waals surface area contributed by atoms with E-state index >= 15 is 0 Å². The molecular weight excluding hydrogens is 390 g/mol. The van der Waals surface area contributed by atoms with Crippen LogP contribution in [-0.2, 0) is 24.8 Å². The molecule has 1 atom stereocenters. The highest BCUT2D eigenvalue weighted by molar-refractivity contribution is 7.92. The number of primary sulfonamides is 1. The van der Waals surface area contributed by atoms with Crippen molar-refractivity contribution in [1.29, 1.82) is 0 Å². The number of rotatable bonds is 6. The van der Waals surface area contributed by atoms with Crippen LogP contribution in [0.25, 0.3) is 0 Å². The third kappa shape index (κ3) is 4.59. The van der Waals surface area contributed by atoms with Crippen LogP contribution in [0.3, 0.4) is 0 Å². The number of hydrogen-bond acceptors (Lipinski definition) is 6. The highest BCUT2D eigenvalue weighted by Crippen LogP contribution is 2.24. The van der Waals surface area contributed by atoms with Crippen LogP contribution in [0.1, 0.15) is 6.42 Å². The van der Waals surface area contributed by atoms with Crippen LogP contribution < -0.4 is 14.8 Å². The quantitative estimate of drug-likeness (QED) is 0.741. The smallest absolute Gasteiger partial charge is 0.261 e. The number of nitrogens with two attached hydrogens (primary N) is 1. The number of hydrogen-bond donors (Lipinski definition) is 2. The molecule has 1 aliphatic rings. The molecule has 0 spiro atoms.